The molecule has 0 fully saturated rings. The Hall–Kier alpha value is -1.73. The number of anilines is 1. The van der Waals surface area contributed by atoms with E-state index in [0.29, 0.717) is 33.1 Å². The number of carbonyl (C=O) groups is 1. The number of halogens is 3. The van der Waals surface area contributed by atoms with Gasteiger partial charge in [-0.15, -0.1) is 12.4 Å². The lowest BCUT2D eigenvalue weighted by Gasteiger charge is -2.15. The fourth-order valence-electron chi connectivity index (χ4n) is 2.60. The lowest BCUT2D eigenvalue weighted by atomic mass is 10.1. The molecule has 2 aliphatic rings. The third-order valence-corrected chi connectivity index (χ3v) is 5.44. The van der Waals surface area contributed by atoms with Crippen molar-refractivity contribution in [2.75, 3.05) is 11.1 Å². The number of benzene rings is 2. The van der Waals surface area contributed by atoms with Gasteiger partial charge in [-0.25, -0.2) is 4.99 Å². The molecule has 2 heterocycles. The van der Waals surface area contributed by atoms with E-state index >= 15 is 0 Å². The molecule has 2 aliphatic heterocycles. The van der Waals surface area contributed by atoms with Crippen molar-refractivity contribution in [3.63, 3.8) is 0 Å². The highest BCUT2D eigenvalue weighted by atomic mass is 35.5. The third kappa shape index (κ3) is 3.99. The number of hydrogen-bond donors (Lipinski definition) is 2. The first kappa shape index (κ1) is 19.0. The van der Waals surface area contributed by atoms with E-state index < -0.39 is 0 Å². The van der Waals surface area contributed by atoms with Crippen LogP contribution in [-0.4, -0.2) is 22.5 Å². The van der Waals surface area contributed by atoms with Crippen molar-refractivity contribution in [2.45, 2.75) is 6.42 Å². The van der Waals surface area contributed by atoms with Crippen LogP contribution in [0.15, 0.2) is 46.5 Å². The van der Waals surface area contributed by atoms with Crippen LogP contribution in [0.3, 0.4) is 0 Å². The minimum Gasteiger partial charge on any atom is -0.326 e. The Bertz CT molecular complexity index is 946. The van der Waals surface area contributed by atoms with Crippen LogP contribution in [0.2, 0.25) is 10.0 Å². The average molecular weight is 428 g/mol. The molecule has 0 radical (unpaired) electrons. The SMILES string of the molecule is Cl.O=C1Cc2cc(C3=NNC(=Nc4ccc(Cl)c(Cl)c4)SC3)ccc2N1. The van der Waals surface area contributed by atoms with E-state index in [0.717, 1.165) is 22.5 Å². The van der Waals surface area contributed by atoms with Gasteiger partial charge in [-0.3, -0.25) is 10.2 Å². The van der Waals surface area contributed by atoms with Gasteiger partial charge in [0.1, 0.15) is 0 Å². The first-order valence-electron chi connectivity index (χ1n) is 7.51. The van der Waals surface area contributed by atoms with Gasteiger partial charge in [-0.1, -0.05) is 41.0 Å². The second-order valence-corrected chi connectivity index (χ2v) is 7.35. The molecule has 2 aromatic rings. The Labute approximate surface area is 170 Å². The van der Waals surface area contributed by atoms with E-state index in [1.165, 1.54) is 0 Å². The number of fused-ring (bicyclic) bond motifs is 1. The van der Waals surface area contributed by atoms with Gasteiger partial charge in [0.15, 0.2) is 5.17 Å². The van der Waals surface area contributed by atoms with Crippen molar-refractivity contribution in [1.29, 1.82) is 0 Å². The number of aliphatic imine (C=N–C) groups is 1. The maximum Gasteiger partial charge on any atom is 0.228 e. The van der Waals surface area contributed by atoms with Gasteiger partial charge >= 0.3 is 0 Å². The first-order valence-corrected chi connectivity index (χ1v) is 9.25. The summed E-state index contributed by atoms with van der Waals surface area (Å²) in [6.07, 6.45) is 0.418. The van der Waals surface area contributed by atoms with Crippen LogP contribution in [-0.2, 0) is 11.2 Å². The molecule has 0 spiro atoms. The number of rotatable bonds is 2. The zero-order chi connectivity index (χ0) is 17.4. The van der Waals surface area contributed by atoms with Crippen LogP contribution in [0, 0.1) is 0 Å². The van der Waals surface area contributed by atoms with Crippen LogP contribution in [0.5, 0.6) is 0 Å². The Morgan fingerprint density at radius 3 is 2.69 bits per heavy atom. The molecule has 0 saturated heterocycles. The highest BCUT2D eigenvalue weighted by Crippen LogP contribution is 2.28. The summed E-state index contributed by atoms with van der Waals surface area (Å²) < 4.78 is 0. The maximum atomic E-state index is 11.5. The molecule has 0 saturated carbocycles. The van der Waals surface area contributed by atoms with E-state index in [1.54, 1.807) is 30.0 Å². The molecule has 4 rings (SSSR count). The fraction of sp³-hybridized carbons (Fsp3) is 0.118. The van der Waals surface area contributed by atoms with Crippen LogP contribution in [0.25, 0.3) is 0 Å². The van der Waals surface area contributed by atoms with E-state index in [4.69, 9.17) is 23.2 Å². The monoisotopic (exact) mass is 426 g/mol. The molecule has 0 aliphatic carbocycles. The number of amides is 1. The quantitative estimate of drug-likeness (QED) is 0.734. The summed E-state index contributed by atoms with van der Waals surface area (Å²) in [4.78, 5) is 15.9. The van der Waals surface area contributed by atoms with Gasteiger partial charge < -0.3 is 5.32 Å². The molecule has 1 amide bonds. The number of carbonyl (C=O) groups excluding carboxylic acids is 1. The first-order chi connectivity index (χ1) is 12.1. The molecular formula is C17H13Cl3N4OS. The second kappa shape index (κ2) is 7.88. The predicted molar refractivity (Wildman–Crippen MR) is 112 cm³/mol. The summed E-state index contributed by atoms with van der Waals surface area (Å²) in [6, 6.07) is 11.1. The largest absolute Gasteiger partial charge is 0.326 e. The molecule has 0 unspecified atom stereocenters. The van der Waals surface area contributed by atoms with Crippen molar-refractivity contribution in [2.24, 2.45) is 10.1 Å². The predicted octanol–water partition coefficient (Wildman–Crippen LogP) is 4.64. The summed E-state index contributed by atoms with van der Waals surface area (Å²) in [5.41, 5.74) is 7.49. The second-order valence-electron chi connectivity index (χ2n) is 5.57. The lowest BCUT2D eigenvalue weighted by Crippen LogP contribution is -2.25. The lowest BCUT2D eigenvalue weighted by molar-refractivity contribution is -0.115. The maximum absolute atomic E-state index is 11.5. The van der Waals surface area contributed by atoms with Crippen LogP contribution in [0.1, 0.15) is 11.1 Å². The number of amidine groups is 1. The highest BCUT2D eigenvalue weighted by molar-refractivity contribution is 8.14. The van der Waals surface area contributed by atoms with Crippen molar-refractivity contribution in [3.05, 3.63) is 57.6 Å². The zero-order valence-corrected chi connectivity index (χ0v) is 16.4. The van der Waals surface area contributed by atoms with Gasteiger partial charge in [-0.2, -0.15) is 5.10 Å². The molecule has 5 nitrogen and oxygen atoms in total. The Morgan fingerprint density at radius 2 is 1.96 bits per heavy atom. The van der Waals surface area contributed by atoms with Gasteiger partial charge in [0.05, 0.1) is 27.9 Å². The standard InChI is InChI=1S/C17H12Cl2N4OS.ClH/c18-12-3-2-11(7-13(12)19)20-17-23-22-15(8-25-17)9-1-4-14-10(5-9)6-16(24)21-14;/h1-5,7H,6,8H2,(H,20,23)(H,21,24);1H. The van der Waals surface area contributed by atoms with Gasteiger partial charge in [0.2, 0.25) is 5.91 Å². The van der Waals surface area contributed by atoms with Crippen molar-refractivity contribution < 1.29 is 4.79 Å². The smallest absolute Gasteiger partial charge is 0.228 e. The number of nitrogens with one attached hydrogen (secondary N) is 2. The van der Waals surface area contributed by atoms with Crippen LogP contribution >= 0.6 is 47.4 Å². The van der Waals surface area contributed by atoms with E-state index in [-0.39, 0.29) is 18.3 Å². The van der Waals surface area contributed by atoms with Gasteiger partial charge in [0.25, 0.3) is 0 Å². The van der Waals surface area contributed by atoms with E-state index in [9.17, 15) is 4.79 Å². The van der Waals surface area contributed by atoms with E-state index in [2.05, 4.69) is 20.8 Å². The summed E-state index contributed by atoms with van der Waals surface area (Å²) in [5, 5.41) is 8.91. The highest BCUT2D eigenvalue weighted by Gasteiger charge is 2.20. The van der Waals surface area contributed by atoms with Gasteiger partial charge in [-0.05, 0) is 41.5 Å². The third-order valence-electron chi connectivity index (χ3n) is 3.83. The molecule has 134 valence electrons. The number of hydrazone groups is 1. The molecule has 0 atom stereocenters. The van der Waals surface area contributed by atoms with E-state index in [1.807, 2.05) is 18.2 Å². The topological polar surface area (TPSA) is 65.8 Å². The number of thioether (sulfide) groups is 1. The zero-order valence-electron chi connectivity index (χ0n) is 13.3. The Morgan fingerprint density at radius 1 is 1.12 bits per heavy atom. The minimum absolute atomic E-state index is 0. The summed E-state index contributed by atoms with van der Waals surface area (Å²) in [7, 11) is 0. The Balaban J connectivity index is 0.00000196. The fourth-order valence-corrected chi connectivity index (χ4v) is 3.68. The average Bonchev–Trinajstić information content (AvgIpc) is 2.98. The van der Waals surface area contributed by atoms with Crippen LogP contribution in [0.4, 0.5) is 11.4 Å². The molecule has 26 heavy (non-hydrogen) atoms. The number of nitrogens with zero attached hydrogens (tertiary/aromatic N) is 2. The van der Waals surface area contributed by atoms with Crippen molar-refractivity contribution in [3.8, 4) is 0 Å². The Kier molecular flexibility index (Phi) is 5.77. The number of hydrogen-bond acceptors (Lipinski definition) is 4. The van der Waals surface area contributed by atoms with Crippen molar-refractivity contribution >= 4 is 75.5 Å². The van der Waals surface area contributed by atoms with Gasteiger partial charge in [0, 0.05) is 11.4 Å². The molecule has 9 heteroatoms. The minimum atomic E-state index is 0. The van der Waals surface area contributed by atoms with Crippen LogP contribution < -0.4 is 10.7 Å². The summed E-state index contributed by atoms with van der Waals surface area (Å²) in [5.74, 6) is 0.717. The summed E-state index contributed by atoms with van der Waals surface area (Å²) >= 11 is 13.5. The molecule has 0 bridgehead atoms. The molecule has 2 aromatic carbocycles. The normalized spacial score (nSPS) is 17.1. The van der Waals surface area contributed by atoms with Crippen molar-refractivity contribution in [1.82, 2.24) is 5.43 Å². The molecule has 0 aromatic heterocycles. The summed E-state index contributed by atoms with van der Waals surface area (Å²) in [6.45, 7) is 0. The molecular weight excluding hydrogens is 415 g/mol. The molecule has 2 N–H and O–H groups in total.